The summed E-state index contributed by atoms with van der Waals surface area (Å²) < 4.78 is 16.7. The first-order valence-corrected chi connectivity index (χ1v) is 12.3. The fourth-order valence-electron chi connectivity index (χ4n) is 2.32. The Morgan fingerprint density at radius 3 is 1.87 bits per heavy atom. The first kappa shape index (κ1) is 42.7. The number of ether oxygens (including phenoxy) is 3. The molecule has 0 saturated heterocycles. The van der Waals surface area contributed by atoms with Crippen molar-refractivity contribution in [2.45, 2.75) is 0 Å². The Balaban J connectivity index is -0.000000507. The Hall–Kier alpha value is 1.58. The minimum absolute atomic E-state index is 0. The van der Waals surface area contributed by atoms with Crippen LogP contribution in [0.5, 0.6) is 5.88 Å². The van der Waals surface area contributed by atoms with Crippen LogP contribution in [-0.4, -0.2) is 72.2 Å². The molecule has 0 aliphatic rings. The Kier molecular flexibility index (Phi) is 29.7. The number of aliphatic hydroxyl groups excluding tert-OH is 1. The molecule has 16 heteroatoms. The Bertz CT molecular complexity index is 1200. The number of rotatable bonds is 7. The van der Waals surface area contributed by atoms with Gasteiger partial charge in [0.1, 0.15) is 11.8 Å². The van der Waals surface area contributed by atoms with Crippen LogP contribution >= 0.6 is 43.5 Å². The first-order valence-electron chi connectivity index (χ1n) is 10.3. The van der Waals surface area contributed by atoms with Crippen LogP contribution in [0.25, 0.3) is 22.1 Å². The Morgan fingerprint density at radius 1 is 0.897 bits per heavy atom. The molecule has 2 aromatic heterocycles. The molecular weight excluding hydrogens is 905 g/mol. The molecule has 1 N–H and O–H groups in total. The number of fused-ring (bicyclic) bond motifs is 2. The van der Waals surface area contributed by atoms with Crippen LogP contribution in [0.1, 0.15) is 1.43 Å². The summed E-state index contributed by atoms with van der Waals surface area (Å²) in [6.07, 6.45) is 3.16. The monoisotopic (exact) mass is 928 g/mol. The average molecular weight is 931 g/mol. The summed E-state index contributed by atoms with van der Waals surface area (Å²) >= 11 is 12.4. The van der Waals surface area contributed by atoms with E-state index in [1.165, 1.54) is 6.20 Å². The van der Waals surface area contributed by atoms with E-state index >= 15 is 0 Å². The van der Waals surface area contributed by atoms with Gasteiger partial charge in [-0.15, -0.1) is 0 Å². The number of hydrogen-bond acceptors (Lipinski definition) is 11. The van der Waals surface area contributed by atoms with Crippen molar-refractivity contribution in [1.29, 1.82) is 0 Å². The van der Waals surface area contributed by atoms with Gasteiger partial charge in [-0.2, -0.15) is 0 Å². The summed E-state index contributed by atoms with van der Waals surface area (Å²) in [5.74, 6) is 0.516. The summed E-state index contributed by atoms with van der Waals surface area (Å²) in [6, 6.07) is 11.4. The molecule has 4 rings (SSSR count). The number of nitrogens with zero attached hydrogens (tertiary/aromatic N) is 4. The molecule has 2 heterocycles. The van der Waals surface area contributed by atoms with Crippen LogP contribution in [0.15, 0.2) is 57.7 Å². The van der Waals surface area contributed by atoms with Gasteiger partial charge in [0, 0.05) is 23.2 Å². The molecule has 0 bridgehead atoms. The number of methoxy groups -OCH3 is 2. The van der Waals surface area contributed by atoms with E-state index in [0.29, 0.717) is 30.9 Å². The zero-order valence-corrected chi connectivity index (χ0v) is 38.3. The second-order valence-corrected chi connectivity index (χ2v) is 8.64. The number of aromatic nitrogens is 4. The molecule has 0 atom stereocenters. The van der Waals surface area contributed by atoms with Crippen molar-refractivity contribution in [1.82, 2.24) is 19.9 Å². The largest absolute Gasteiger partial charge is 1.00 e. The number of aliphatic hydroxyl groups is 1. The van der Waals surface area contributed by atoms with Crippen molar-refractivity contribution in [2.24, 2.45) is 0 Å². The third kappa shape index (κ3) is 19.5. The molecule has 0 aliphatic heterocycles. The fourth-order valence-corrected chi connectivity index (χ4v) is 3.16. The molecule has 0 unspecified atom stereocenters. The van der Waals surface area contributed by atoms with E-state index in [4.69, 9.17) is 36.2 Å². The van der Waals surface area contributed by atoms with Crippen LogP contribution in [-0.2, 0) is 19.2 Å². The molecule has 0 spiro atoms. The number of hydrogen-bond donors (Lipinski definition) is 1. The van der Waals surface area contributed by atoms with E-state index in [1.54, 1.807) is 20.4 Å². The summed E-state index contributed by atoms with van der Waals surface area (Å²) in [4.78, 5) is 28.1. The van der Waals surface area contributed by atoms with Gasteiger partial charge in [-0.25, -0.2) is 15.0 Å². The molecular formula is C23H25Br2ClCs2N4O7. The number of benzene rings is 2. The van der Waals surface area contributed by atoms with Gasteiger partial charge >= 0.3 is 138 Å². The molecule has 0 aliphatic carbocycles. The molecule has 11 nitrogen and oxygen atoms in total. The van der Waals surface area contributed by atoms with Crippen molar-refractivity contribution in [3.05, 3.63) is 62.9 Å². The van der Waals surface area contributed by atoms with Gasteiger partial charge in [0.25, 0.3) is 6.47 Å². The molecule has 2 aromatic carbocycles. The van der Waals surface area contributed by atoms with E-state index in [0.717, 1.165) is 31.0 Å². The Morgan fingerprint density at radius 2 is 1.41 bits per heavy atom. The van der Waals surface area contributed by atoms with E-state index in [2.05, 4.69) is 61.4 Å². The minimum Gasteiger partial charge on any atom is -1.00 e. The van der Waals surface area contributed by atoms with Crippen molar-refractivity contribution in [3.8, 4) is 5.88 Å². The van der Waals surface area contributed by atoms with Crippen LogP contribution < -0.4 is 148 Å². The van der Waals surface area contributed by atoms with Gasteiger partial charge in [0.05, 0.1) is 54.3 Å². The second kappa shape index (κ2) is 27.2. The zero-order chi connectivity index (χ0) is 27.5. The zero-order valence-electron chi connectivity index (χ0n) is 22.8. The predicted octanol–water partition coefficient (Wildman–Crippen LogP) is -2.36. The third-order valence-electron chi connectivity index (χ3n) is 3.83. The van der Waals surface area contributed by atoms with Gasteiger partial charge in [0.2, 0.25) is 5.88 Å². The first-order chi connectivity index (χ1) is 17.9. The van der Waals surface area contributed by atoms with E-state index < -0.39 is 0 Å². The molecule has 39 heavy (non-hydrogen) atoms. The summed E-state index contributed by atoms with van der Waals surface area (Å²) in [7, 11) is 3.18. The van der Waals surface area contributed by atoms with Crippen molar-refractivity contribution >= 4 is 72.0 Å². The number of carbonyl (C=O) groups is 1. The van der Waals surface area contributed by atoms with Gasteiger partial charge in [-0.1, -0.05) is 43.5 Å². The fraction of sp³-hybridized carbons (Fsp3) is 0.261. The standard InChI is InChI=1S/C11H11BrN2O2.C8H4BrClN2.C3H8O2.CH2O3.2Cs.H/c1-15-4-5-16-11-7-13-9-3-2-8(12)6-10(9)14-11;9-5-1-2-6-7(3-5)12-8(10)4-11-6;1-5-3-2-4;2-1-4-3;;;/h2-3,6-7H,4-5H2,1H3;1-4H;4H,2-3H2,1H3;1,3H;;;/q;;;;2*+1;-1/p-1. The van der Waals surface area contributed by atoms with Gasteiger partial charge in [0.15, 0.2) is 0 Å². The molecule has 4 aromatic rings. The van der Waals surface area contributed by atoms with Crippen molar-refractivity contribution in [2.75, 3.05) is 40.6 Å². The van der Waals surface area contributed by atoms with E-state index in [-0.39, 0.29) is 152 Å². The maximum Gasteiger partial charge on any atom is 1.00 e. The maximum absolute atomic E-state index is 8.64. The predicted molar refractivity (Wildman–Crippen MR) is 144 cm³/mol. The third-order valence-corrected chi connectivity index (χ3v) is 5.00. The Labute approximate surface area is 367 Å². The van der Waals surface area contributed by atoms with Gasteiger partial charge in [-0.05, 0) is 36.4 Å². The maximum atomic E-state index is 8.64. The summed E-state index contributed by atoms with van der Waals surface area (Å²) in [6.45, 7) is 1.40. The second-order valence-electron chi connectivity index (χ2n) is 6.42. The summed E-state index contributed by atoms with van der Waals surface area (Å²) in [5, 5.41) is 16.8. The van der Waals surface area contributed by atoms with Gasteiger partial charge in [-0.3, -0.25) is 9.78 Å². The van der Waals surface area contributed by atoms with Crippen LogP contribution in [0.4, 0.5) is 0 Å². The molecule has 0 saturated carbocycles. The topological polar surface area (TPSA) is 149 Å². The average Bonchev–Trinajstić information content (AvgIpc) is 2.90. The molecule has 0 amide bonds. The van der Waals surface area contributed by atoms with Crippen molar-refractivity contribution in [3.63, 3.8) is 0 Å². The number of carbonyl (C=O) groups excluding carboxylic acids is 1. The SMILES string of the molecule is COCCO.COCCOc1cnc2ccc(Br)cc2n1.Clc1cnc2ccc(Br)cc2n1.O=CO[O-].[Cs+].[Cs+].[H-]. The van der Waals surface area contributed by atoms with E-state index in [9.17, 15) is 0 Å². The minimum atomic E-state index is -0.181. The van der Waals surface area contributed by atoms with Crippen molar-refractivity contribution < 1.29 is 173 Å². The molecule has 0 fully saturated rings. The summed E-state index contributed by atoms with van der Waals surface area (Å²) in [5.41, 5.74) is 3.31. The normalized spacial score (nSPS) is 9.21. The smallest absolute Gasteiger partial charge is 1.00 e. The van der Waals surface area contributed by atoms with E-state index in [1.807, 2.05) is 36.4 Å². The van der Waals surface area contributed by atoms with Crippen LogP contribution in [0.2, 0.25) is 5.15 Å². The van der Waals surface area contributed by atoms with Crippen LogP contribution in [0, 0.1) is 0 Å². The number of halogens is 3. The molecule has 202 valence electrons. The molecule has 0 radical (unpaired) electrons. The quantitative estimate of drug-likeness (QED) is 0.0920. The van der Waals surface area contributed by atoms with Crippen LogP contribution in [0.3, 0.4) is 0 Å². The van der Waals surface area contributed by atoms with Gasteiger partial charge < -0.3 is 30.9 Å².